The first-order valence-electron chi connectivity index (χ1n) is 10.5. The number of fused-ring (bicyclic) bond motifs is 9. The molecule has 0 aromatic carbocycles. The minimum atomic E-state index is -0.122. The lowest BCUT2D eigenvalue weighted by Crippen LogP contribution is -2.55. The fraction of sp³-hybridized carbons (Fsp3) is 0.818. The molecule has 0 aromatic heterocycles. The van der Waals surface area contributed by atoms with Gasteiger partial charge in [-0.1, -0.05) is 12.5 Å². The van der Waals surface area contributed by atoms with E-state index in [2.05, 4.69) is 6.92 Å². The number of rotatable bonds is 0. The standard InChI is InChI=1S/C22H28O3/c1-21-8-6-15-14-5-3-13(23)10-12(14)2-4-16(15)20(21)17-11-18(17)22(21)9-7-19(24)25-22/h10,14-18,20H,2-9,11H2,1H3/t14-,15?,16?,17-,18+,20?,21-,22-/m0/s1. The molecule has 1 spiro atoms. The van der Waals surface area contributed by atoms with E-state index >= 15 is 0 Å². The fourth-order valence-electron chi connectivity index (χ4n) is 8.54. The van der Waals surface area contributed by atoms with Crippen molar-refractivity contribution in [1.82, 2.24) is 0 Å². The minimum Gasteiger partial charge on any atom is -0.458 e. The quantitative estimate of drug-likeness (QED) is 0.625. The van der Waals surface area contributed by atoms with Crippen LogP contribution in [0, 0.1) is 40.9 Å². The number of hydrogen-bond donors (Lipinski definition) is 0. The highest BCUT2D eigenvalue weighted by molar-refractivity contribution is 5.91. The van der Waals surface area contributed by atoms with Gasteiger partial charge in [0.05, 0.1) is 0 Å². The molecule has 5 aliphatic carbocycles. The van der Waals surface area contributed by atoms with Crippen LogP contribution in [0.25, 0.3) is 0 Å². The summed E-state index contributed by atoms with van der Waals surface area (Å²) in [6.45, 7) is 2.47. The molecular weight excluding hydrogens is 312 g/mol. The van der Waals surface area contributed by atoms with E-state index in [4.69, 9.17) is 4.74 Å². The van der Waals surface area contributed by atoms with E-state index in [0.29, 0.717) is 24.0 Å². The summed E-state index contributed by atoms with van der Waals surface area (Å²) in [5, 5.41) is 0. The summed E-state index contributed by atoms with van der Waals surface area (Å²) in [6, 6.07) is 0. The van der Waals surface area contributed by atoms with Gasteiger partial charge in [-0.25, -0.2) is 0 Å². The van der Waals surface area contributed by atoms with E-state index in [1.165, 1.54) is 31.3 Å². The largest absolute Gasteiger partial charge is 0.458 e. The van der Waals surface area contributed by atoms with Crippen LogP contribution < -0.4 is 0 Å². The van der Waals surface area contributed by atoms with E-state index in [-0.39, 0.29) is 17.0 Å². The molecular formula is C22H28O3. The van der Waals surface area contributed by atoms with Gasteiger partial charge in [0.25, 0.3) is 0 Å². The van der Waals surface area contributed by atoms with Crippen molar-refractivity contribution in [3.8, 4) is 0 Å². The van der Waals surface area contributed by atoms with Crippen molar-refractivity contribution in [2.75, 3.05) is 0 Å². The zero-order chi connectivity index (χ0) is 17.0. The zero-order valence-electron chi connectivity index (χ0n) is 15.1. The third-order valence-corrected chi connectivity index (χ3v) is 9.41. The molecule has 1 heterocycles. The maximum atomic E-state index is 12.0. The third-order valence-electron chi connectivity index (χ3n) is 9.41. The normalized spacial score (nSPS) is 55.8. The van der Waals surface area contributed by atoms with E-state index < -0.39 is 0 Å². The van der Waals surface area contributed by atoms with E-state index in [1.54, 1.807) is 0 Å². The van der Waals surface area contributed by atoms with Crippen LogP contribution in [0.4, 0.5) is 0 Å². The summed E-state index contributed by atoms with van der Waals surface area (Å²) in [5.41, 5.74) is 1.55. The van der Waals surface area contributed by atoms with Gasteiger partial charge in [0.15, 0.2) is 5.78 Å². The second kappa shape index (κ2) is 4.58. The Hall–Kier alpha value is -1.12. The Morgan fingerprint density at radius 2 is 1.88 bits per heavy atom. The molecule has 3 nitrogen and oxygen atoms in total. The first-order chi connectivity index (χ1) is 12.0. The summed E-state index contributed by atoms with van der Waals surface area (Å²) < 4.78 is 6.14. The van der Waals surface area contributed by atoms with Crippen LogP contribution in [-0.2, 0) is 14.3 Å². The van der Waals surface area contributed by atoms with Crippen LogP contribution in [0.3, 0.4) is 0 Å². The van der Waals surface area contributed by atoms with Gasteiger partial charge in [0, 0.05) is 24.2 Å². The SMILES string of the molecule is C[C@]12CCC3C(CCC4=CC(=O)CC[C@@H]43)C1[C@H]1C[C@H]1[C@@]21CCC(=O)O1. The van der Waals surface area contributed by atoms with Gasteiger partial charge < -0.3 is 4.74 Å². The highest BCUT2D eigenvalue weighted by Gasteiger charge is 2.78. The lowest BCUT2D eigenvalue weighted by atomic mass is 9.49. The molecule has 1 saturated heterocycles. The number of carbonyl (C=O) groups is 2. The van der Waals surface area contributed by atoms with Gasteiger partial charge in [-0.2, -0.15) is 0 Å². The zero-order valence-corrected chi connectivity index (χ0v) is 15.1. The van der Waals surface area contributed by atoms with Crippen molar-refractivity contribution in [2.45, 2.75) is 70.3 Å². The van der Waals surface area contributed by atoms with Crippen LogP contribution in [0.2, 0.25) is 0 Å². The van der Waals surface area contributed by atoms with Crippen molar-refractivity contribution in [1.29, 1.82) is 0 Å². The fourth-order valence-corrected chi connectivity index (χ4v) is 8.54. The van der Waals surface area contributed by atoms with Gasteiger partial charge in [0.1, 0.15) is 5.60 Å². The predicted octanol–water partition coefficient (Wildman–Crippen LogP) is 4.06. The minimum absolute atomic E-state index is 0.0503. The highest BCUT2D eigenvalue weighted by atomic mass is 16.6. The molecule has 0 amide bonds. The Balaban J connectivity index is 1.37. The van der Waals surface area contributed by atoms with Gasteiger partial charge in [0.2, 0.25) is 0 Å². The Labute approximate surface area is 149 Å². The molecule has 0 aromatic rings. The number of ether oxygens (including phenoxy) is 1. The van der Waals surface area contributed by atoms with Crippen LogP contribution in [0.15, 0.2) is 11.6 Å². The molecule has 3 heteroatoms. The second-order valence-corrected chi connectivity index (χ2v) is 10.0. The van der Waals surface area contributed by atoms with Crippen LogP contribution >= 0.6 is 0 Å². The molecule has 1 aliphatic heterocycles. The number of carbonyl (C=O) groups excluding carboxylic acids is 2. The average molecular weight is 340 g/mol. The van der Waals surface area contributed by atoms with E-state index in [0.717, 1.165) is 49.4 Å². The summed E-state index contributed by atoms with van der Waals surface area (Å²) in [5.74, 6) is 4.85. The average Bonchev–Trinajstić information content (AvgIpc) is 3.23. The van der Waals surface area contributed by atoms with Gasteiger partial charge in [-0.3, -0.25) is 9.59 Å². The Kier molecular flexibility index (Phi) is 2.75. The predicted molar refractivity (Wildman–Crippen MR) is 92.5 cm³/mol. The van der Waals surface area contributed by atoms with Gasteiger partial charge >= 0.3 is 5.97 Å². The molecule has 6 rings (SSSR count). The van der Waals surface area contributed by atoms with Crippen molar-refractivity contribution in [3.05, 3.63) is 11.6 Å². The number of esters is 1. The smallest absolute Gasteiger partial charge is 0.306 e. The van der Waals surface area contributed by atoms with Crippen LogP contribution in [0.5, 0.6) is 0 Å². The Morgan fingerprint density at radius 3 is 2.68 bits per heavy atom. The van der Waals surface area contributed by atoms with Gasteiger partial charge in [-0.15, -0.1) is 0 Å². The molecule has 6 aliphatic rings. The number of ketones is 1. The monoisotopic (exact) mass is 340 g/mol. The molecule has 5 fully saturated rings. The summed E-state index contributed by atoms with van der Waals surface area (Å²) in [6.07, 6.45) is 11.6. The van der Waals surface area contributed by atoms with E-state index in [9.17, 15) is 9.59 Å². The second-order valence-electron chi connectivity index (χ2n) is 10.0. The molecule has 134 valence electrons. The Morgan fingerprint density at radius 1 is 1.00 bits per heavy atom. The third kappa shape index (κ3) is 1.69. The van der Waals surface area contributed by atoms with Crippen LogP contribution in [-0.4, -0.2) is 17.4 Å². The lowest BCUT2D eigenvalue weighted by molar-refractivity contribution is -0.174. The van der Waals surface area contributed by atoms with Crippen molar-refractivity contribution in [2.24, 2.45) is 40.9 Å². The maximum absolute atomic E-state index is 12.0. The first kappa shape index (κ1) is 15.0. The molecule has 0 radical (unpaired) electrons. The molecule has 4 saturated carbocycles. The summed E-state index contributed by atoms with van der Waals surface area (Å²) in [7, 11) is 0. The molecule has 0 bridgehead atoms. The van der Waals surface area contributed by atoms with Crippen LogP contribution in [0.1, 0.15) is 64.7 Å². The molecule has 25 heavy (non-hydrogen) atoms. The Bertz CT molecular complexity index is 708. The first-order valence-corrected chi connectivity index (χ1v) is 10.5. The summed E-state index contributed by atoms with van der Waals surface area (Å²) >= 11 is 0. The lowest BCUT2D eigenvalue weighted by Gasteiger charge is -2.57. The number of hydrogen-bond acceptors (Lipinski definition) is 3. The summed E-state index contributed by atoms with van der Waals surface area (Å²) in [4.78, 5) is 23.9. The highest BCUT2D eigenvalue weighted by Crippen LogP contribution is 2.78. The van der Waals surface area contributed by atoms with Crippen molar-refractivity contribution < 1.29 is 14.3 Å². The van der Waals surface area contributed by atoms with Crippen molar-refractivity contribution >= 4 is 11.8 Å². The van der Waals surface area contributed by atoms with Crippen molar-refractivity contribution in [3.63, 3.8) is 0 Å². The molecule has 8 atom stereocenters. The van der Waals surface area contributed by atoms with Gasteiger partial charge in [-0.05, 0) is 80.6 Å². The maximum Gasteiger partial charge on any atom is 0.306 e. The van der Waals surface area contributed by atoms with E-state index in [1.807, 2.05) is 6.08 Å². The molecule has 0 N–H and O–H groups in total. The number of allylic oxidation sites excluding steroid dienone is 1. The topological polar surface area (TPSA) is 43.4 Å². The molecule has 3 unspecified atom stereocenters.